The second kappa shape index (κ2) is 5.03. The summed E-state index contributed by atoms with van der Waals surface area (Å²) in [5, 5.41) is 8.75. The number of nitrogens with zero attached hydrogens (tertiary/aromatic N) is 1. The van der Waals surface area contributed by atoms with Gasteiger partial charge in [-0.1, -0.05) is 0 Å². The van der Waals surface area contributed by atoms with Crippen molar-refractivity contribution in [2.24, 2.45) is 5.14 Å². The normalized spacial score (nSPS) is 11.3. The molecule has 1 amide bonds. The molecule has 9 heteroatoms. The highest BCUT2D eigenvalue weighted by Crippen LogP contribution is 2.18. The largest absolute Gasteiger partial charge is 0.320 e. The third kappa shape index (κ3) is 3.34. The SMILES string of the molecule is NS(=O)(=O)c1cc(F)cc(NC(=O)c2cscn2)c1. The quantitative estimate of drug-likeness (QED) is 0.888. The van der Waals surface area contributed by atoms with E-state index in [4.69, 9.17) is 5.14 Å². The number of carbonyl (C=O) groups is 1. The van der Waals surface area contributed by atoms with Crippen molar-refractivity contribution >= 4 is 33.0 Å². The topological polar surface area (TPSA) is 102 Å². The van der Waals surface area contributed by atoms with E-state index in [0.717, 1.165) is 18.2 Å². The molecule has 1 aromatic carbocycles. The number of nitrogens with two attached hydrogens (primary N) is 1. The van der Waals surface area contributed by atoms with Gasteiger partial charge in [0.25, 0.3) is 5.91 Å². The number of amides is 1. The highest BCUT2D eigenvalue weighted by molar-refractivity contribution is 7.89. The van der Waals surface area contributed by atoms with Gasteiger partial charge in [0.05, 0.1) is 10.4 Å². The molecule has 1 aromatic heterocycles. The van der Waals surface area contributed by atoms with E-state index in [1.807, 2.05) is 0 Å². The maximum absolute atomic E-state index is 13.3. The van der Waals surface area contributed by atoms with Crippen molar-refractivity contribution in [3.63, 3.8) is 0 Å². The van der Waals surface area contributed by atoms with Crippen LogP contribution >= 0.6 is 11.3 Å². The number of thiazole rings is 1. The van der Waals surface area contributed by atoms with Gasteiger partial charge in [-0.25, -0.2) is 22.9 Å². The zero-order valence-electron chi connectivity index (χ0n) is 9.33. The van der Waals surface area contributed by atoms with E-state index in [0.29, 0.717) is 0 Å². The molecule has 19 heavy (non-hydrogen) atoms. The van der Waals surface area contributed by atoms with E-state index in [9.17, 15) is 17.6 Å². The number of aromatic nitrogens is 1. The molecule has 0 aliphatic rings. The fraction of sp³-hybridized carbons (Fsp3) is 0. The summed E-state index contributed by atoms with van der Waals surface area (Å²) in [6.07, 6.45) is 0. The molecule has 0 unspecified atom stereocenters. The summed E-state index contributed by atoms with van der Waals surface area (Å²) >= 11 is 1.23. The van der Waals surface area contributed by atoms with Crippen molar-refractivity contribution in [2.75, 3.05) is 5.32 Å². The number of benzene rings is 1. The van der Waals surface area contributed by atoms with E-state index < -0.39 is 26.6 Å². The number of hydrogen-bond donors (Lipinski definition) is 2. The van der Waals surface area contributed by atoms with Crippen LogP contribution in [0.15, 0.2) is 34.0 Å². The Hall–Kier alpha value is -1.84. The van der Waals surface area contributed by atoms with Gasteiger partial charge in [0.2, 0.25) is 10.0 Å². The van der Waals surface area contributed by atoms with Crippen molar-refractivity contribution in [1.82, 2.24) is 4.98 Å². The first-order valence-electron chi connectivity index (χ1n) is 4.89. The molecular formula is C10H8FN3O3S2. The van der Waals surface area contributed by atoms with E-state index in [-0.39, 0.29) is 11.4 Å². The van der Waals surface area contributed by atoms with Gasteiger partial charge in [0.1, 0.15) is 11.5 Å². The van der Waals surface area contributed by atoms with Crippen LogP contribution < -0.4 is 10.5 Å². The van der Waals surface area contributed by atoms with Gasteiger partial charge in [0.15, 0.2) is 0 Å². The Morgan fingerprint density at radius 3 is 2.68 bits per heavy atom. The van der Waals surface area contributed by atoms with E-state index in [1.54, 1.807) is 0 Å². The van der Waals surface area contributed by atoms with Gasteiger partial charge in [-0.2, -0.15) is 0 Å². The molecule has 0 aliphatic carbocycles. The predicted octanol–water partition coefficient (Wildman–Crippen LogP) is 1.18. The molecule has 0 aliphatic heterocycles. The number of halogens is 1. The Kier molecular flexibility index (Phi) is 3.60. The molecule has 0 radical (unpaired) electrons. The Balaban J connectivity index is 2.31. The van der Waals surface area contributed by atoms with Crippen LogP contribution in [0.3, 0.4) is 0 Å². The lowest BCUT2D eigenvalue weighted by atomic mass is 10.3. The minimum absolute atomic E-state index is 0.0120. The molecule has 0 bridgehead atoms. The lowest BCUT2D eigenvalue weighted by molar-refractivity contribution is 0.102. The van der Waals surface area contributed by atoms with Crippen molar-refractivity contribution in [1.29, 1.82) is 0 Å². The van der Waals surface area contributed by atoms with Crippen LogP contribution in [-0.2, 0) is 10.0 Å². The number of rotatable bonds is 3. The molecular weight excluding hydrogens is 293 g/mol. The van der Waals surface area contributed by atoms with Gasteiger partial charge < -0.3 is 5.32 Å². The molecule has 2 aromatic rings. The van der Waals surface area contributed by atoms with Crippen LogP contribution in [0.4, 0.5) is 10.1 Å². The van der Waals surface area contributed by atoms with E-state index in [1.165, 1.54) is 22.2 Å². The minimum atomic E-state index is -4.04. The second-order valence-corrected chi connectivity index (χ2v) is 5.83. The Labute approximate surface area is 112 Å². The van der Waals surface area contributed by atoms with Gasteiger partial charge in [0, 0.05) is 11.1 Å². The first-order chi connectivity index (χ1) is 8.86. The van der Waals surface area contributed by atoms with Crippen molar-refractivity contribution < 1.29 is 17.6 Å². The molecule has 100 valence electrons. The zero-order valence-corrected chi connectivity index (χ0v) is 11.0. The lowest BCUT2D eigenvalue weighted by Crippen LogP contribution is -2.15. The first-order valence-corrected chi connectivity index (χ1v) is 7.38. The molecule has 0 fully saturated rings. The van der Waals surface area contributed by atoms with Crippen LogP contribution in [0.1, 0.15) is 10.5 Å². The van der Waals surface area contributed by atoms with Gasteiger partial charge >= 0.3 is 0 Å². The molecule has 0 atom stereocenters. The summed E-state index contributed by atoms with van der Waals surface area (Å²) in [7, 11) is -4.04. The van der Waals surface area contributed by atoms with Crippen LogP contribution in [0.2, 0.25) is 0 Å². The number of hydrogen-bond acceptors (Lipinski definition) is 5. The third-order valence-electron chi connectivity index (χ3n) is 2.12. The van der Waals surface area contributed by atoms with Crippen molar-refractivity contribution in [3.8, 4) is 0 Å². The van der Waals surface area contributed by atoms with E-state index in [2.05, 4.69) is 10.3 Å². The summed E-state index contributed by atoms with van der Waals surface area (Å²) < 4.78 is 35.5. The molecule has 0 saturated carbocycles. The van der Waals surface area contributed by atoms with Crippen LogP contribution in [-0.4, -0.2) is 19.3 Å². The minimum Gasteiger partial charge on any atom is -0.320 e. The summed E-state index contributed by atoms with van der Waals surface area (Å²) in [5.74, 6) is -1.38. The fourth-order valence-electron chi connectivity index (χ4n) is 1.32. The molecule has 2 rings (SSSR count). The molecule has 6 nitrogen and oxygen atoms in total. The van der Waals surface area contributed by atoms with Crippen LogP contribution in [0.25, 0.3) is 0 Å². The fourth-order valence-corrected chi connectivity index (χ4v) is 2.42. The average Bonchev–Trinajstić information content (AvgIpc) is 2.80. The highest BCUT2D eigenvalue weighted by Gasteiger charge is 2.13. The van der Waals surface area contributed by atoms with Crippen molar-refractivity contribution in [2.45, 2.75) is 4.90 Å². The summed E-state index contributed by atoms with van der Waals surface area (Å²) in [5.41, 5.74) is 1.62. The number of carbonyl (C=O) groups excluding carboxylic acids is 1. The summed E-state index contributed by atoms with van der Waals surface area (Å²) in [6.45, 7) is 0. The molecule has 0 spiro atoms. The standard InChI is InChI=1S/C10H8FN3O3S2/c11-6-1-7(3-8(2-6)19(12,16)17)14-10(15)9-4-18-5-13-9/h1-5H,(H,14,15)(H2,12,16,17). The Bertz CT molecular complexity index is 714. The van der Waals surface area contributed by atoms with Crippen LogP contribution in [0.5, 0.6) is 0 Å². The van der Waals surface area contributed by atoms with Crippen molar-refractivity contribution in [3.05, 3.63) is 40.6 Å². The molecule has 0 saturated heterocycles. The maximum atomic E-state index is 13.3. The van der Waals surface area contributed by atoms with Crippen LogP contribution in [0, 0.1) is 5.82 Å². The number of nitrogens with one attached hydrogen (secondary N) is 1. The highest BCUT2D eigenvalue weighted by atomic mass is 32.2. The maximum Gasteiger partial charge on any atom is 0.275 e. The number of sulfonamides is 1. The zero-order chi connectivity index (χ0) is 14.0. The Morgan fingerprint density at radius 1 is 1.37 bits per heavy atom. The summed E-state index contributed by atoms with van der Waals surface area (Å²) in [4.78, 5) is 15.0. The lowest BCUT2D eigenvalue weighted by Gasteiger charge is -2.06. The summed E-state index contributed by atoms with van der Waals surface area (Å²) in [6, 6.07) is 2.83. The van der Waals surface area contributed by atoms with Gasteiger partial charge in [-0.3, -0.25) is 4.79 Å². The first kappa shape index (κ1) is 13.6. The van der Waals surface area contributed by atoms with Gasteiger partial charge in [-0.15, -0.1) is 11.3 Å². The Morgan fingerprint density at radius 2 is 2.11 bits per heavy atom. The third-order valence-corrected chi connectivity index (χ3v) is 3.60. The number of primary sulfonamides is 1. The van der Waals surface area contributed by atoms with E-state index >= 15 is 0 Å². The molecule has 3 N–H and O–H groups in total. The number of anilines is 1. The average molecular weight is 301 g/mol. The monoisotopic (exact) mass is 301 g/mol. The predicted molar refractivity (Wildman–Crippen MR) is 67.8 cm³/mol. The smallest absolute Gasteiger partial charge is 0.275 e. The van der Waals surface area contributed by atoms with Gasteiger partial charge in [-0.05, 0) is 18.2 Å². The second-order valence-electron chi connectivity index (χ2n) is 3.55. The molecule has 1 heterocycles.